The van der Waals surface area contributed by atoms with Gasteiger partial charge in [0.25, 0.3) is 0 Å². The van der Waals surface area contributed by atoms with E-state index in [9.17, 15) is 9.59 Å². The molecular weight excluding hydrogens is 1670 g/mol. The topological polar surface area (TPSA) is 171 Å². The van der Waals surface area contributed by atoms with E-state index in [1.165, 1.54) is 60.3 Å². The molecule has 0 saturated carbocycles. The van der Waals surface area contributed by atoms with Crippen molar-refractivity contribution in [1.82, 2.24) is 9.97 Å². The second-order valence-electron chi connectivity index (χ2n) is 28.4. The monoisotopic (exact) mass is 1780 g/mol. The van der Waals surface area contributed by atoms with E-state index in [1.54, 1.807) is 59.8 Å². The van der Waals surface area contributed by atoms with Gasteiger partial charge in [-0.05, 0) is 136 Å². The van der Waals surface area contributed by atoms with E-state index in [2.05, 4.69) is 231 Å². The van der Waals surface area contributed by atoms with E-state index in [1.807, 2.05) is 73.7 Å². The molecule has 10 aromatic carbocycles. The summed E-state index contributed by atoms with van der Waals surface area (Å²) in [5, 5.41) is 1.23. The molecule has 0 N–H and O–H groups in total. The Morgan fingerprint density at radius 1 is 0.283 bits per heavy atom. The second-order valence-corrected chi connectivity index (χ2v) is 46.2. The SMILES string of the molecule is BrP(Cc1cccc(CP(Br)(c2ccccc2)(c2ccccc2)c2ccccc2)n1)(c1ccccc1)(c1ccccc1)c1ccccc1.COCCCCCCOc1c(OC)cc(/C=C/c2cccc(/C=C/c3cc(OC)c(C)c(OC)c3)n2)cc1OC.COc1cc(C=O)cc(OC)c1OCCCCCCOc1c(OC)cc(C=O)cc1OC. The van der Waals surface area contributed by atoms with Crippen LogP contribution < -0.4 is 83.9 Å². The standard InChI is InChI=1S/C43H37Br2NP2.C33H41NO6.C24H30O8/c44-47(38-22-7-1-8-23-38,39-24-9-2-10-25-39,40-26-11-3-12-27-40)34-36-20-19-21-37(46-36)35-48(45,41-28-13-4-14-29-41,42-30-15-5-16-31-42)43-32-17-6-18-33-43;1-24-29(36-3)20-25(21-30(24)37-4)14-16-27-12-11-13-28(34-27)17-15-26-22-31(38-5)33(32(23-26)39-6)40-19-10-8-7-9-18-35-2;1-27-19-11-17(15-25)12-20(28-2)23(19)31-9-7-5-6-8-10-32-24-21(29-3)13-18(16-26)14-22(24)30-4/h1-33H,34-35H2;11-17,20-23H,7-10,18-19H2,1-6H3;11-16H,5-10H2,1-4H3/b;16-14+,17-15+;. The number of nitrogens with zero attached hydrogens (tertiary/aromatic N) is 2. The van der Waals surface area contributed by atoms with Crippen molar-refractivity contribution in [3.8, 4) is 63.2 Å². The molecule has 0 saturated heterocycles. The maximum absolute atomic E-state index is 11.0. The summed E-state index contributed by atoms with van der Waals surface area (Å²) in [6.07, 6.45) is 18.6. The molecule has 626 valence electrons. The molecule has 12 rings (SSSR count). The van der Waals surface area contributed by atoms with Gasteiger partial charge in [-0.25, -0.2) is 4.98 Å². The zero-order chi connectivity index (χ0) is 85.1. The number of aldehydes is 2. The third-order valence-electron chi connectivity index (χ3n) is 20.8. The van der Waals surface area contributed by atoms with E-state index in [0.717, 1.165) is 134 Å². The number of carbonyl (C=O) groups is 2. The number of carbonyl (C=O) groups excluding carboxylic acids is 2. The molecule has 0 spiro atoms. The van der Waals surface area contributed by atoms with E-state index in [-0.39, 0.29) is 0 Å². The molecule has 0 radical (unpaired) electrons. The van der Waals surface area contributed by atoms with Crippen molar-refractivity contribution in [2.75, 3.05) is 90.4 Å². The average Bonchev–Trinajstić information content (AvgIpc) is 0.705. The quantitative estimate of drug-likeness (QED) is 0.0201. The molecule has 0 amide bonds. The van der Waals surface area contributed by atoms with Gasteiger partial charge in [-0.2, -0.15) is 0 Å². The number of hydrogen-bond acceptors (Lipinski definition) is 16. The Hall–Kier alpha value is -11.1. The Balaban J connectivity index is 0.000000193. The molecule has 120 heavy (non-hydrogen) atoms. The Morgan fingerprint density at radius 2 is 0.533 bits per heavy atom. The molecule has 0 unspecified atom stereocenters. The number of unbranched alkanes of at least 4 members (excludes halogenated alkanes) is 6. The van der Waals surface area contributed by atoms with Crippen LogP contribution in [0, 0.1) is 6.92 Å². The molecule has 12 aromatic rings. The number of methoxy groups -OCH3 is 9. The first-order chi connectivity index (χ1) is 58.6. The van der Waals surface area contributed by atoms with Crippen LogP contribution in [0.2, 0.25) is 0 Å². The summed E-state index contributed by atoms with van der Waals surface area (Å²) in [5.74, 6) is 6.27. The summed E-state index contributed by atoms with van der Waals surface area (Å²) in [6.45, 7) is 4.35. The third kappa shape index (κ3) is 22.5. The van der Waals surface area contributed by atoms with Crippen LogP contribution in [-0.2, 0) is 17.1 Å². The van der Waals surface area contributed by atoms with Crippen molar-refractivity contribution >= 4 is 110 Å². The minimum absolute atomic E-state index is 0.458. The maximum Gasteiger partial charge on any atom is 0.203 e. The van der Waals surface area contributed by atoms with Gasteiger partial charge in [0.2, 0.25) is 17.2 Å². The molecule has 2 aromatic heterocycles. The number of aromatic nitrogens is 2. The van der Waals surface area contributed by atoms with Crippen LogP contribution in [0.5, 0.6) is 63.2 Å². The van der Waals surface area contributed by atoms with Gasteiger partial charge in [-0.3, -0.25) is 9.59 Å². The van der Waals surface area contributed by atoms with Crippen LogP contribution in [-0.4, -0.2) is 113 Å². The fraction of sp³-hybridized carbons (Fsp3) is 0.240. The molecule has 2 heterocycles. The van der Waals surface area contributed by atoms with Gasteiger partial charge in [-0.1, -0.05) is 24.6 Å². The summed E-state index contributed by atoms with van der Waals surface area (Å²) in [5.41, 5.74) is 7.55. The molecule has 20 heteroatoms. The fourth-order valence-electron chi connectivity index (χ4n) is 14.6. The van der Waals surface area contributed by atoms with Gasteiger partial charge in [0.1, 0.15) is 24.1 Å². The largest absolute Gasteiger partial charge is 0.496 e. The first-order valence-electron chi connectivity index (χ1n) is 39.9. The minimum atomic E-state index is -3.24. The smallest absolute Gasteiger partial charge is 0.203 e. The van der Waals surface area contributed by atoms with Gasteiger partial charge in [0.05, 0.1) is 88.1 Å². The van der Waals surface area contributed by atoms with E-state index in [4.69, 9.17) is 66.8 Å². The predicted molar refractivity (Wildman–Crippen MR) is 501 cm³/mol. The summed E-state index contributed by atoms with van der Waals surface area (Å²) in [7, 11) is 14.4. The number of ether oxygens (including phenoxy) is 12. The molecule has 0 aliphatic carbocycles. The summed E-state index contributed by atoms with van der Waals surface area (Å²) in [4.78, 5) is 32.4. The van der Waals surface area contributed by atoms with Crippen molar-refractivity contribution in [2.45, 2.75) is 70.6 Å². The first kappa shape index (κ1) is 91.2. The molecule has 0 fully saturated rings. The third-order valence-corrected chi connectivity index (χ3v) is 39.7. The Labute approximate surface area is 723 Å². The van der Waals surface area contributed by atoms with Crippen molar-refractivity contribution in [3.05, 3.63) is 318 Å². The van der Waals surface area contributed by atoms with Gasteiger partial charge >= 0.3 is 302 Å². The van der Waals surface area contributed by atoms with Crippen molar-refractivity contribution < 1.29 is 66.4 Å². The number of pyridine rings is 2. The Bertz CT molecular complexity index is 4780. The number of hydrogen-bond donors (Lipinski definition) is 0. The van der Waals surface area contributed by atoms with Crippen LogP contribution in [0.1, 0.15) is 112 Å². The van der Waals surface area contributed by atoms with E-state index >= 15 is 0 Å². The number of benzene rings is 10. The van der Waals surface area contributed by atoms with Gasteiger partial charge in [0, 0.05) is 30.4 Å². The van der Waals surface area contributed by atoms with Crippen LogP contribution in [0.25, 0.3) is 24.3 Å². The molecular formula is C100H108Br2N2O14P2. The number of halogens is 2. The normalized spacial score (nSPS) is 11.9. The average molecular weight is 1780 g/mol. The maximum atomic E-state index is 11.0. The number of rotatable bonds is 41. The Morgan fingerprint density at radius 3 is 0.792 bits per heavy atom. The Kier molecular flexibility index (Phi) is 34.5. The van der Waals surface area contributed by atoms with Gasteiger partial charge in [0.15, 0.2) is 34.5 Å². The molecule has 0 atom stereocenters. The van der Waals surface area contributed by atoms with Crippen LogP contribution in [0.3, 0.4) is 0 Å². The van der Waals surface area contributed by atoms with Crippen molar-refractivity contribution in [1.29, 1.82) is 0 Å². The summed E-state index contributed by atoms with van der Waals surface area (Å²) >= 11 is 9.30. The molecule has 0 aliphatic rings. The predicted octanol–water partition coefficient (Wildman–Crippen LogP) is 21.5. The molecule has 0 bridgehead atoms. The van der Waals surface area contributed by atoms with Gasteiger partial charge < -0.3 is 56.8 Å². The fourth-order valence-corrected chi connectivity index (χ4v) is 29.6. The van der Waals surface area contributed by atoms with E-state index in [0.29, 0.717) is 82.7 Å². The molecule has 16 nitrogen and oxygen atoms in total. The van der Waals surface area contributed by atoms with Crippen molar-refractivity contribution in [3.63, 3.8) is 0 Å². The minimum Gasteiger partial charge on any atom is -0.496 e. The zero-order valence-electron chi connectivity index (χ0n) is 70.0. The van der Waals surface area contributed by atoms with E-state index < -0.39 is 10.6 Å². The first-order valence-corrected chi connectivity index (χ1v) is 48.8. The summed E-state index contributed by atoms with van der Waals surface area (Å²) in [6, 6.07) is 92.6. The van der Waals surface area contributed by atoms with Crippen molar-refractivity contribution in [2.24, 2.45) is 0 Å². The van der Waals surface area contributed by atoms with Gasteiger partial charge in [-0.15, -0.1) is 0 Å². The zero-order valence-corrected chi connectivity index (χ0v) is 75.0. The second kappa shape index (κ2) is 45.3. The van der Waals surface area contributed by atoms with Crippen LogP contribution in [0.15, 0.2) is 267 Å². The summed E-state index contributed by atoms with van der Waals surface area (Å²) < 4.78 is 66.3. The van der Waals surface area contributed by atoms with Crippen LogP contribution in [0.4, 0.5) is 0 Å². The van der Waals surface area contributed by atoms with Crippen LogP contribution >= 0.6 is 41.6 Å². The molecule has 0 aliphatic heterocycles.